The van der Waals surface area contributed by atoms with Crippen LogP contribution >= 0.6 is 11.8 Å². The second-order valence-electron chi connectivity index (χ2n) is 2.71. The minimum absolute atomic E-state index is 0.293. The van der Waals surface area contributed by atoms with Gasteiger partial charge in [0, 0.05) is 0 Å². The number of aliphatic hydroxyl groups excluding tert-OH is 1. The lowest BCUT2D eigenvalue weighted by Crippen LogP contribution is -1.97. The summed E-state index contributed by atoms with van der Waals surface area (Å²) in [5.41, 5.74) is 1.02. The quantitative estimate of drug-likeness (QED) is 0.772. The maximum atomic E-state index is 9.64. The van der Waals surface area contributed by atoms with Crippen LogP contribution in [0.2, 0.25) is 0 Å². The molecule has 0 spiro atoms. The summed E-state index contributed by atoms with van der Waals surface area (Å²) in [4.78, 5) is 0. The number of rotatable bonds is 4. The van der Waals surface area contributed by atoms with E-state index in [-0.39, 0.29) is 6.10 Å². The molecule has 0 saturated heterocycles. The minimum atomic E-state index is -0.293. The van der Waals surface area contributed by atoms with Gasteiger partial charge < -0.3 is 5.11 Å². The highest BCUT2D eigenvalue weighted by molar-refractivity contribution is 7.98. The molecule has 66 valence electrons. The molecular weight excluding hydrogens is 168 g/mol. The van der Waals surface area contributed by atoms with Crippen LogP contribution in [0.4, 0.5) is 0 Å². The Morgan fingerprint density at radius 2 is 2.00 bits per heavy atom. The van der Waals surface area contributed by atoms with Gasteiger partial charge in [0.25, 0.3) is 0 Å². The molecule has 0 fully saturated rings. The molecule has 2 heteroatoms. The highest BCUT2D eigenvalue weighted by Gasteiger charge is 2.04. The summed E-state index contributed by atoms with van der Waals surface area (Å²) in [5.74, 6) is 1.01. The second-order valence-corrected chi connectivity index (χ2v) is 3.69. The van der Waals surface area contributed by atoms with Crippen molar-refractivity contribution in [2.45, 2.75) is 12.5 Å². The van der Waals surface area contributed by atoms with Crippen LogP contribution < -0.4 is 0 Å². The summed E-state index contributed by atoms with van der Waals surface area (Å²) in [7, 11) is 0. The van der Waals surface area contributed by atoms with Gasteiger partial charge in [-0.2, -0.15) is 11.8 Å². The zero-order valence-corrected chi connectivity index (χ0v) is 8.05. The number of hydrogen-bond donors (Lipinski definition) is 1. The zero-order chi connectivity index (χ0) is 8.81. The first kappa shape index (κ1) is 9.62. The van der Waals surface area contributed by atoms with Crippen molar-refractivity contribution in [3.8, 4) is 0 Å². The monoisotopic (exact) mass is 182 g/mol. The maximum absolute atomic E-state index is 9.64. The van der Waals surface area contributed by atoms with E-state index >= 15 is 0 Å². The van der Waals surface area contributed by atoms with Gasteiger partial charge in [0.05, 0.1) is 6.10 Å². The van der Waals surface area contributed by atoms with Gasteiger partial charge >= 0.3 is 0 Å². The number of aliphatic hydroxyl groups is 1. The molecule has 1 N–H and O–H groups in total. The zero-order valence-electron chi connectivity index (χ0n) is 7.23. The van der Waals surface area contributed by atoms with Gasteiger partial charge in [0.1, 0.15) is 0 Å². The van der Waals surface area contributed by atoms with Crippen LogP contribution in [0.25, 0.3) is 0 Å². The molecule has 1 aromatic rings. The van der Waals surface area contributed by atoms with Crippen LogP contribution in [0.5, 0.6) is 0 Å². The first-order valence-corrected chi connectivity index (χ1v) is 5.46. The van der Waals surface area contributed by atoms with E-state index in [1.807, 2.05) is 30.3 Å². The molecule has 0 aliphatic heterocycles. The number of benzene rings is 1. The van der Waals surface area contributed by atoms with Gasteiger partial charge in [-0.15, -0.1) is 0 Å². The summed E-state index contributed by atoms with van der Waals surface area (Å²) in [5, 5.41) is 9.64. The molecule has 0 aliphatic carbocycles. The van der Waals surface area contributed by atoms with Crippen molar-refractivity contribution in [1.29, 1.82) is 0 Å². The predicted octanol–water partition coefficient (Wildman–Crippen LogP) is 2.47. The Hall–Kier alpha value is -0.470. The number of hydrogen-bond acceptors (Lipinski definition) is 2. The van der Waals surface area contributed by atoms with Crippen LogP contribution in [-0.2, 0) is 0 Å². The van der Waals surface area contributed by atoms with Crippen molar-refractivity contribution >= 4 is 11.8 Å². The van der Waals surface area contributed by atoms with Gasteiger partial charge in [0.2, 0.25) is 0 Å². The SMILES string of the molecule is CSCCC(O)c1ccccc1. The van der Waals surface area contributed by atoms with E-state index in [0.29, 0.717) is 0 Å². The van der Waals surface area contributed by atoms with Crippen molar-refractivity contribution in [3.63, 3.8) is 0 Å². The van der Waals surface area contributed by atoms with E-state index in [1.165, 1.54) is 0 Å². The fraction of sp³-hybridized carbons (Fsp3) is 0.400. The van der Waals surface area contributed by atoms with Gasteiger partial charge in [-0.05, 0) is 24.0 Å². The lowest BCUT2D eigenvalue weighted by Gasteiger charge is -2.08. The summed E-state index contributed by atoms with van der Waals surface area (Å²) in [6, 6.07) is 9.80. The standard InChI is InChI=1S/C10H14OS/c1-12-8-7-10(11)9-5-3-2-4-6-9/h2-6,10-11H,7-8H2,1H3. The second kappa shape index (κ2) is 5.22. The van der Waals surface area contributed by atoms with E-state index in [9.17, 15) is 5.11 Å². The van der Waals surface area contributed by atoms with Crippen LogP contribution in [0.3, 0.4) is 0 Å². The molecule has 12 heavy (non-hydrogen) atoms. The predicted molar refractivity (Wildman–Crippen MR) is 54.4 cm³/mol. The van der Waals surface area contributed by atoms with Crippen LogP contribution in [0, 0.1) is 0 Å². The van der Waals surface area contributed by atoms with Gasteiger partial charge in [-0.1, -0.05) is 30.3 Å². The average molecular weight is 182 g/mol. The molecule has 0 aliphatic rings. The summed E-state index contributed by atoms with van der Waals surface area (Å²) >= 11 is 1.76. The topological polar surface area (TPSA) is 20.2 Å². The molecule has 1 atom stereocenters. The van der Waals surface area contributed by atoms with Gasteiger partial charge in [-0.3, -0.25) is 0 Å². The van der Waals surface area contributed by atoms with Crippen LogP contribution in [-0.4, -0.2) is 17.1 Å². The molecule has 1 unspecified atom stereocenters. The molecule has 0 aromatic heterocycles. The molecule has 1 rings (SSSR count). The smallest absolute Gasteiger partial charge is 0.0797 e. The Labute approximate surface area is 77.8 Å². The average Bonchev–Trinajstić information content (AvgIpc) is 2.15. The Morgan fingerprint density at radius 1 is 1.33 bits per heavy atom. The fourth-order valence-electron chi connectivity index (χ4n) is 1.07. The molecule has 1 nitrogen and oxygen atoms in total. The minimum Gasteiger partial charge on any atom is -0.388 e. The summed E-state index contributed by atoms with van der Waals surface area (Å²) in [6.07, 6.45) is 2.60. The normalized spacial score (nSPS) is 12.8. The molecule has 1 aromatic carbocycles. The van der Waals surface area contributed by atoms with E-state index in [0.717, 1.165) is 17.7 Å². The Bertz CT molecular complexity index is 210. The van der Waals surface area contributed by atoms with Crippen LogP contribution in [0.1, 0.15) is 18.1 Å². The van der Waals surface area contributed by atoms with Gasteiger partial charge in [0.15, 0.2) is 0 Å². The maximum Gasteiger partial charge on any atom is 0.0797 e. The highest BCUT2D eigenvalue weighted by atomic mass is 32.2. The van der Waals surface area contributed by atoms with Crippen molar-refractivity contribution in [2.75, 3.05) is 12.0 Å². The van der Waals surface area contributed by atoms with Crippen molar-refractivity contribution in [2.24, 2.45) is 0 Å². The third-order valence-electron chi connectivity index (χ3n) is 1.78. The highest BCUT2D eigenvalue weighted by Crippen LogP contribution is 2.17. The van der Waals surface area contributed by atoms with E-state index in [1.54, 1.807) is 11.8 Å². The van der Waals surface area contributed by atoms with Crippen molar-refractivity contribution in [1.82, 2.24) is 0 Å². The lowest BCUT2D eigenvalue weighted by atomic mass is 10.1. The molecule has 0 heterocycles. The van der Waals surface area contributed by atoms with E-state index < -0.39 is 0 Å². The Kier molecular flexibility index (Phi) is 4.19. The van der Waals surface area contributed by atoms with Crippen molar-refractivity contribution < 1.29 is 5.11 Å². The summed E-state index contributed by atoms with van der Waals surface area (Å²) in [6.45, 7) is 0. The largest absolute Gasteiger partial charge is 0.388 e. The van der Waals surface area contributed by atoms with E-state index in [2.05, 4.69) is 6.26 Å². The Morgan fingerprint density at radius 3 is 2.58 bits per heavy atom. The first-order valence-electron chi connectivity index (χ1n) is 4.06. The molecule has 0 saturated carbocycles. The van der Waals surface area contributed by atoms with Gasteiger partial charge in [-0.25, -0.2) is 0 Å². The molecular formula is C10H14OS. The van der Waals surface area contributed by atoms with Crippen molar-refractivity contribution in [3.05, 3.63) is 35.9 Å². The summed E-state index contributed by atoms with van der Waals surface area (Å²) < 4.78 is 0. The third kappa shape index (κ3) is 2.88. The Balaban J connectivity index is 2.48. The lowest BCUT2D eigenvalue weighted by molar-refractivity contribution is 0.175. The first-order chi connectivity index (χ1) is 5.84. The molecule has 0 amide bonds. The third-order valence-corrected chi connectivity index (χ3v) is 2.42. The molecule has 0 bridgehead atoms. The fourth-order valence-corrected chi connectivity index (χ4v) is 1.53. The van der Waals surface area contributed by atoms with Crippen LogP contribution in [0.15, 0.2) is 30.3 Å². The van der Waals surface area contributed by atoms with E-state index in [4.69, 9.17) is 0 Å². The number of thioether (sulfide) groups is 1. The molecule has 0 radical (unpaired) electrons.